The third kappa shape index (κ3) is 45.4. The molecule has 0 aromatic rings. The summed E-state index contributed by atoms with van der Waals surface area (Å²) >= 11 is 0. The van der Waals surface area contributed by atoms with E-state index in [0.717, 1.165) is 19.3 Å². The van der Waals surface area contributed by atoms with Gasteiger partial charge in [0.15, 0.2) is 0 Å². The molecule has 3 N–H and O–H groups in total. The molecular weight excluding hydrogens is 578 g/mol. The zero-order chi connectivity index (χ0) is 34.0. The monoisotopic (exact) mass is 660 g/mol. The molecule has 278 valence electrons. The van der Waals surface area contributed by atoms with Gasteiger partial charge in [-0.3, -0.25) is 14.5 Å². The molecule has 0 radical (unpaired) electrons. The van der Waals surface area contributed by atoms with Gasteiger partial charge in [0, 0.05) is 6.42 Å². The van der Waals surface area contributed by atoms with Gasteiger partial charge in [0.25, 0.3) is 0 Å². The molecule has 46 heavy (non-hydrogen) atoms. The second-order valence-electron chi connectivity index (χ2n) is 13.2. The minimum absolute atomic E-state index is 0.0299. The fraction of sp³-hybridized carbons (Fsp3) is 0.974. The van der Waals surface area contributed by atoms with E-state index in [1.165, 1.54) is 179 Å². The number of carboxylic acid groups (broad SMARTS) is 1. The van der Waals surface area contributed by atoms with Crippen LogP contribution in [0.4, 0.5) is 0 Å². The number of hydroxylamine groups is 2. The first-order valence-corrected chi connectivity index (χ1v) is 20.1. The predicted molar refractivity (Wildman–Crippen MR) is 195 cm³/mol. The SMILES string of the molecule is CCCCCCCCCCCCCCCCCC(=O)O.CCCCCCCCCCCCCCCCCN(OCCO)OCCO. The van der Waals surface area contributed by atoms with Gasteiger partial charge >= 0.3 is 5.97 Å². The summed E-state index contributed by atoms with van der Waals surface area (Å²) in [5.41, 5.74) is 0. The second kappa shape index (κ2) is 44.3. The zero-order valence-corrected chi connectivity index (χ0v) is 31.0. The lowest BCUT2D eigenvalue weighted by molar-refractivity contribution is -0.371. The molecule has 0 amide bonds. The Labute approximate surface area is 286 Å². The van der Waals surface area contributed by atoms with Crippen molar-refractivity contribution in [3.63, 3.8) is 0 Å². The molecule has 0 unspecified atom stereocenters. The first kappa shape index (κ1) is 47.4. The first-order chi connectivity index (χ1) is 22.6. The lowest BCUT2D eigenvalue weighted by Crippen LogP contribution is -2.28. The third-order valence-corrected chi connectivity index (χ3v) is 8.59. The summed E-state index contributed by atoms with van der Waals surface area (Å²) in [6.45, 7) is 5.62. The maximum absolute atomic E-state index is 10.3. The third-order valence-electron chi connectivity index (χ3n) is 8.59. The van der Waals surface area contributed by atoms with Crippen LogP contribution in [0.2, 0.25) is 0 Å². The number of rotatable bonds is 38. The molecule has 0 saturated carbocycles. The average Bonchev–Trinajstić information content (AvgIpc) is 3.05. The normalized spacial score (nSPS) is 11.2. The number of hydrogen-bond acceptors (Lipinski definition) is 6. The minimum atomic E-state index is -0.653. The van der Waals surface area contributed by atoms with E-state index in [1.807, 2.05) is 0 Å². The van der Waals surface area contributed by atoms with Gasteiger partial charge in [-0.2, -0.15) is 0 Å². The van der Waals surface area contributed by atoms with Crippen LogP contribution in [0.1, 0.15) is 213 Å². The average molecular weight is 660 g/mol. The van der Waals surface area contributed by atoms with Gasteiger partial charge in [-0.15, -0.1) is 0 Å². The van der Waals surface area contributed by atoms with Crippen LogP contribution in [0.25, 0.3) is 0 Å². The Morgan fingerprint density at radius 1 is 0.435 bits per heavy atom. The smallest absolute Gasteiger partial charge is 0.303 e. The molecule has 0 aromatic carbocycles. The van der Waals surface area contributed by atoms with Crippen molar-refractivity contribution in [3.8, 4) is 0 Å². The standard InChI is InChI=1S/C21H45NO4.C18H36O2/c1-2-3-4-5-6-7-8-9-10-11-12-13-14-15-16-17-22(25-20-18-23)26-21-19-24;1-2-3-4-5-6-7-8-9-10-11-12-13-14-15-16-17-18(19)20/h23-24H,2-21H2,1H3;2-17H2,1H3,(H,19,20). The molecule has 7 heteroatoms. The number of aliphatic hydroxyl groups is 2. The zero-order valence-electron chi connectivity index (χ0n) is 31.0. The second-order valence-corrected chi connectivity index (χ2v) is 13.2. The van der Waals surface area contributed by atoms with E-state index < -0.39 is 5.97 Å². The largest absolute Gasteiger partial charge is 0.481 e. The van der Waals surface area contributed by atoms with Crippen molar-refractivity contribution in [2.24, 2.45) is 0 Å². The van der Waals surface area contributed by atoms with Crippen LogP contribution in [0.15, 0.2) is 0 Å². The maximum atomic E-state index is 10.3. The fourth-order valence-electron chi connectivity index (χ4n) is 5.71. The Balaban J connectivity index is 0. The minimum Gasteiger partial charge on any atom is -0.481 e. The molecule has 7 nitrogen and oxygen atoms in total. The molecule has 0 heterocycles. The molecule has 0 aliphatic rings. The van der Waals surface area contributed by atoms with Gasteiger partial charge in [0.2, 0.25) is 0 Å². The van der Waals surface area contributed by atoms with Gasteiger partial charge in [-0.25, -0.2) is 0 Å². The number of aliphatic hydroxyl groups excluding tert-OH is 2. The summed E-state index contributed by atoms with van der Waals surface area (Å²) in [7, 11) is 0. The number of carbonyl (C=O) groups is 1. The van der Waals surface area contributed by atoms with Crippen molar-refractivity contribution in [3.05, 3.63) is 0 Å². The molecule has 0 saturated heterocycles. The van der Waals surface area contributed by atoms with Gasteiger partial charge < -0.3 is 15.3 Å². The van der Waals surface area contributed by atoms with E-state index in [0.29, 0.717) is 13.0 Å². The molecule has 0 fully saturated rings. The molecule has 0 spiro atoms. The van der Waals surface area contributed by atoms with E-state index in [1.54, 1.807) is 0 Å². The number of aliphatic carboxylic acids is 1. The number of unbranched alkanes of at least 4 members (excludes halogenated alkanes) is 28. The molecule has 0 bridgehead atoms. The molecule has 0 aliphatic carbocycles. The van der Waals surface area contributed by atoms with Crippen molar-refractivity contribution < 1.29 is 29.8 Å². The van der Waals surface area contributed by atoms with Gasteiger partial charge in [-0.1, -0.05) is 199 Å². The summed E-state index contributed by atoms with van der Waals surface area (Å²) < 4.78 is 0. The maximum Gasteiger partial charge on any atom is 0.303 e. The Hall–Kier alpha value is -0.730. The van der Waals surface area contributed by atoms with Crippen molar-refractivity contribution in [1.82, 2.24) is 5.23 Å². The Bertz CT molecular complexity index is 543. The van der Waals surface area contributed by atoms with Crippen LogP contribution in [0.5, 0.6) is 0 Å². The predicted octanol–water partition coefficient (Wildman–Crippen LogP) is 11.3. The highest BCUT2D eigenvalue weighted by Crippen LogP contribution is 2.15. The van der Waals surface area contributed by atoms with Crippen LogP contribution in [0, 0.1) is 0 Å². The van der Waals surface area contributed by atoms with Crippen molar-refractivity contribution in [2.45, 2.75) is 213 Å². The van der Waals surface area contributed by atoms with Crippen LogP contribution in [-0.2, 0) is 14.5 Å². The Morgan fingerprint density at radius 3 is 0.957 bits per heavy atom. The molecule has 0 atom stereocenters. The summed E-state index contributed by atoms with van der Waals surface area (Å²) in [6.07, 6.45) is 40.4. The van der Waals surface area contributed by atoms with E-state index >= 15 is 0 Å². The van der Waals surface area contributed by atoms with Gasteiger partial charge in [0.05, 0.1) is 33.0 Å². The van der Waals surface area contributed by atoms with Crippen molar-refractivity contribution >= 4 is 5.97 Å². The van der Waals surface area contributed by atoms with E-state index in [-0.39, 0.29) is 26.4 Å². The Kier molecular flexibility index (Phi) is 45.6. The summed E-state index contributed by atoms with van der Waals surface area (Å²) in [5.74, 6) is -0.653. The highest BCUT2D eigenvalue weighted by molar-refractivity contribution is 5.66. The van der Waals surface area contributed by atoms with Crippen molar-refractivity contribution in [2.75, 3.05) is 33.0 Å². The summed E-state index contributed by atoms with van der Waals surface area (Å²) in [4.78, 5) is 20.9. The topological polar surface area (TPSA) is 99.5 Å². The number of nitrogens with zero attached hydrogens (tertiary/aromatic N) is 1. The highest BCUT2D eigenvalue weighted by Gasteiger charge is 2.05. The van der Waals surface area contributed by atoms with Crippen molar-refractivity contribution in [1.29, 1.82) is 0 Å². The number of hydrogen-bond donors (Lipinski definition) is 3. The van der Waals surface area contributed by atoms with Crippen LogP contribution in [0.3, 0.4) is 0 Å². The molecule has 0 aromatic heterocycles. The number of carboxylic acids is 1. The van der Waals surface area contributed by atoms with Crippen LogP contribution in [-0.4, -0.2) is 59.5 Å². The Morgan fingerprint density at radius 2 is 0.696 bits per heavy atom. The van der Waals surface area contributed by atoms with Crippen LogP contribution < -0.4 is 0 Å². The lowest BCUT2D eigenvalue weighted by Gasteiger charge is -2.20. The van der Waals surface area contributed by atoms with E-state index in [9.17, 15) is 4.79 Å². The quantitative estimate of drug-likeness (QED) is 0.0448. The fourth-order valence-corrected chi connectivity index (χ4v) is 5.71. The highest BCUT2D eigenvalue weighted by atomic mass is 16.9. The van der Waals surface area contributed by atoms with E-state index in [4.69, 9.17) is 25.0 Å². The van der Waals surface area contributed by atoms with Gasteiger partial charge in [-0.05, 0) is 12.8 Å². The van der Waals surface area contributed by atoms with Crippen LogP contribution >= 0.6 is 0 Å². The van der Waals surface area contributed by atoms with Gasteiger partial charge in [0.1, 0.15) is 0 Å². The molecular formula is C39H81NO6. The summed E-state index contributed by atoms with van der Waals surface area (Å²) in [6, 6.07) is 0. The molecule has 0 aliphatic heterocycles. The molecule has 0 rings (SSSR count). The first-order valence-electron chi connectivity index (χ1n) is 20.1. The van der Waals surface area contributed by atoms with E-state index in [2.05, 4.69) is 13.8 Å². The lowest BCUT2D eigenvalue weighted by atomic mass is 10.0. The summed E-state index contributed by atoms with van der Waals surface area (Å²) in [5, 5.41) is 27.5.